The van der Waals surface area contributed by atoms with Gasteiger partial charge in [0.1, 0.15) is 5.69 Å². The Morgan fingerprint density at radius 2 is 1.70 bits per heavy atom. The Morgan fingerprint density at radius 1 is 1.00 bits per heavy atom. The quantitative estimate of drug-likeness (QED) is 0.508. The first-order chi connectivity index (χ1) is 11.3. The molecule has 2 aromatic carbocycles. The van der Waals surface area contributed by atoms with E-state index in [1.165, 1.54) is 0 Å². The number of carbonyl (C=O) groups is 1. The van der Waals surface area contributed by atoms with Crippen molar-refractivity contribution in [1.29, 1.82) is 0 Å². The molecule has 0 fully saturated rings. The van der Waals surface area contributed by atoms with E-state index in [2.05, 4.69) is 9.97 Å². The highest BCUT2D eigenvalue weighted by atomic mass is 16.5. The Morgan fingerprint density at radius 3 is 2.48 bits per heavy atom. The molecule has 5 heteroatoms. The van der Waals surface area contributed by atoms with E-state index in [0.29, 0.717) is 11.3 Å². The number of esters is 1. The second kappa shape index (κ2) is 5.30. The molecule has 0 amide bonds. The maximum Gasteiger partial charge on any atom is 0.360 e. The highest BCUT2D eigenvalue weighted by Gasteiger charge is 2.20. The topological polar surface area (TPSA) is 78.1 Å². The Bertz CT molecular complexity index is 1010. The number of nitrogens with one attached hydrogen (secondary N) is 2. The van der Waals surface area contributed by atoms with Crippen molar-refractivity contribution in [2.75, 3.05) is 0 Å². The molecule has 0 aliphatic rings. The monoisotopic (exact) mass is 306 g/mol. The molecule has 114 valence electrons. The average Bonchev–Trinajstić information content (AvgIpc) is 3.16. The third kappa shape index (κ3) is 2.18. The number of aliphatic hydroxyl groups is 1. The van der Waals surface area contributed by atoms with E-state index in [1.807, 2.05) is 48.5 Å². The number of aromatic amines is 2. The SMILES string of the molecule is O=C(Oc1c[nH]c2ccccc12)c1[nH]c2ccccc2c1CO. The lowest BCUT2D eigenvalue weighted by atomic mass is 10.1. The number of carbonyl (C=O) groups excluding carboxylic acids is 1. The second-order valence-corrected chi connectivity index (χ2v) is 5.27. The van der Waals surface area contributed by atoms with Crippen LogP contribution >= 0.6 is 0 Å². The number of aromatic nitrogens is 2. The molecule has 0 bridgehead atoms. The summed E-state index contributed by atoms with van der Waals surface area (Å²) in [6, 6.07) is 15.0. The number of H-pyrrole nitrogens is 2. The minimum absolute atomic E-state index is 0.234. The maximum atomic E-state index is 12.5. The van der Waals surface area contributed by atoms with Crippen molar-refractivity contribution in [3.05, 3.63) is 66.0 Å². The molecule has 0 saturated carbocycles. The van der Waals surface area contributed by atoms with Gasteiger partial charge in [0.2, 0.25) is 0 Å². The van der Waals surface area contributed by atoms with Crippen molar-refractivity contribution < 1.29 is 14.6 Å². The van der Waals surface area contributed by atoms with Crippen molar-refractivity contribution in [3.8, 4) is 5.75 Å². The van der Waals surface area contributed by atoms with Gasteiger partial charge in [-0.05, 0) is 18.2 Å². The molecule has 23 heavy (non-hydrogen) atoms. The lowest BCUT2D eigenvalue weighted by molar-refractivity contribution is 0.0728. The maximum absolute atomic E-state index is 12.5. The summed E-state index contributed by atoms with van der Waals surface area (Å²) >= 11 is 0. The van der Waals surface area contributed by atoms with Crippen molar-refractivity contribution in [2.24, 2.45) is 0 Å². The first-order valence-electron chi connectivity index (χ1n) is 7.26. The predicted octanol–water partition coefficient (Wildman–Crippen LogP) is 3.36. The van der Waals surface area contributed by atoms with Gasteiger partial charge in [-0.15, -0.1) is 0 Å². The summed E-state index contributed by atoms with van der Waals surface area (Å²) in [6.07, 6.45) is 1.66. The zero-order valence-electron chi connectivity index (χ0n) is 12.2. The number of fused-ring (bicyclic) bond motifs is 2. The molecular weight excluding hydrogens is 292 g/mol. The first kappa shape index (κ1) is 13.6. The van der Waals surface area contributed by atoms with Crippen LogP contribution in [-0.4, -0.2) is 21.0 Å². The Labute approximate surface area is 131 Å². The molecule has 0 radical (unpaired) electrons. The molecule has 2 heterocycles. The number of rotatable bonds is 3. The average molecular weight is 306 g/mol. The predicted molar refractivity (Wildman–Crippen MR) is 87.5 cm³/mol. The van der Waals surface area contributed by atoms with Gasteiger partial charge in [0, 0.05) is 33.6 Å². The number of benzene rings is 2. The fraction of sp³-hybridized carbons (Fsp3) is 0.0556. The van der Waals surface area contributed by atoms with Crippen LogP contribution in [0.2, 0.25) is 0 Å². The third-order valence-electron chi connectivity index (χ3n) is 3.93. The fourth-order valence-corrected chi connectivity index (χ4v) is 2.82. The zero-order chi connectivity index (χ0) is 15.8. The minimum atomic E-state index is -0.519. The molecule has 0 atom stereocenters. The van der Waals surface area contributed by atoms with Gasteiger partial charge in [0.15, 0.2) is 5.75 Å². The van der Waals surface area contributed by atoms with Crippen LogP contribution in [0.15, 0.2) is 54.7 Å². The van der Waals surface area contributed by atoms with Crippen molar-refractivity contribution in [3.63, 3.8) is 0 Å². The van der Waals surface area contributed by atoms with Crippen molar-refractivity contribution in [1.82, 2.24) is 9.97 Å². The third-order valence-corrected chi connectivity index (χ3v) is 3.93. The van der Waals surface area contributed by atoms with Crippen LogP contribution in [0.1, 0.15) is 16.1 Å². The summed E-state index contributed by atoms with van der Waals surface area (Å²) < 4.78 is 5.51. The largest absolute Gasteiger partial charge is 0.420 e. The summed E-state index contributed by atoms with van der Waals surface area (Å²) in [4.78, 5) is 18.6. The molecule has 0 unspecified atom stereocenters. The Kier molecular flexibility index (Phi) is 3.13. The number of hydrogen-bond acceptors (Lipinski definition) is 3. The van der Waals surface area contributed by atoms with E-state index in [4.69, 9.17) is 4.74 Å². The van der Waals surface area contributed by atoms with Gasteiger partial charge in [-0.1, -0.05) is 30.3 Å². The number of para-hydroxylation sites is 2. The summed E-state index contributed by atoms with van der Waals surface area (Å²) in [5.74, 6) is -0.0526. The fourth-order valence-electron chi connectivity index (χ4n) is 2.82. The lowest BCUT2D eigenvalue weighted by Gasteiger charge is -2.03. The molecule has 2 aromatic heterocycles. The molecule has 0 aliphatic heterocycles. The van der Waals surface area contributed by atoms with Gasteiger partial charge < -0.3 is 19.8 Å². The number of aliphatic hydroxyl groups excluding tert-OH is 1. The molecule has 0 aliphatic carbocycles. The van der Waals surface area contributed by atoms with Crippen LogP contribution in [0, 0.1) is 0 Å². The molecule has 5 nitrogen and oxygen atoms in total. The van der Waals surface area contributed by atoms with E-state index < -0.39 is 5.97 Å². The minimum Gasteiger partial charge on any atom is -0.420 e. The number of ether oxygens (including phenoxy) is 1. The Hall–Kier alpha value is -3.05. The summed E-state index contributed by atoms with van der Waals surface area (Å²) in [5.41, 5.74) is 2.51. The van der Waals surface area contributed by atoms with Crippen molar-refractivity contribution >= 4 is 27.8 Å². The first-order valence-corrected chi connectivity index (χ1v) is 7.26. The van der Waals surface area contributed by atoms with E-state index in [-0.39, 0.29) is 12.3 Å². The smallest absolute Gasteiger partial charge is 0.360 e. The van der Waals surface area contributed by atoms with Crippen LogP contribution < -0.4 is 4.74 Å². The number of hydrogen-bond donors (Lipinski definition) is 3. The highest BCUT2D eigenvalue weighted by Crippen LogP contribution is 2.27. The van der Waals surface area contributed by atoms with Crippen molar-refractivity contribution in [2.45, 2.75) is 6.61 Å². The summed E-state index contributed by atoms with van der Waals surface area (Å²) in [5, 5.41) is 11.3. The van der Waals surface area contributed by atoms with Gasteiger partial charge >= 0.3 is 5.97 Å². The van der Waals surface area contributed by atoms with Crippen LogP contribution in [0.4, 0.5) is 0 Å². The normalized spacial score (nSPS) is 11.2. The summed E-state index contributed by atoms with van der Waals surface area (Å²) in [6.45, 7) is -0.234. The molecule has 0 spiro atoms. The molecular formula is C18H14N2O3. The van der Waals surface area contributed by atoms with E-state index in [1.54, 1.807) is 6.20 Å². The highest BCUT2D eigenvalue weighted by molar-refractivity contribution is 6.00. The molecule has 4 rings (SSSR count). The molecule has 0 saturated heterocycles. The van der Waals surface area contributed by atoms with Crippen LogP contribution in [0.3, 0.4) is 0 Å². The van der Waals surface area contributed by atoms with E-state index >= 15 is 0 Å². The second-order valence-electron chi connectivity index (χ2n) is 5.27. The van der Waals surface area contributed by atoms with Gasteiger partial charge in [-0.25, -0.2) is 4.79 Å². The molecule has 3 N–H and O–H groups in total. The van der Waals surface area contributed by atoms with E-state index in [0.717, 1.165) is 21.8 Å². The Balaban J connectivity index is 1.75. The van der Waals surface area contributed by atoms with Crippen LogP contribution in [0.25, 0.3) is 21.8 Å². The van der Waals surface area contributed by atoms with Gasteiger partial charge in [0.05, 0.1) is 6.61 Å². The van der Waals surface area contributed by atoms with Crippen LogP contribution in [0.5, 0.6) is 5.75 Å². The van der Waals surface area contributed by atoms with Gasteiger partial charge in [-0.2, -0.15) is 0 Å². The molecule has 4 aromatic rings. The van der Waals surface area contributed by atoms with E-state index in [9.17, 15) is 9.90 Å². The lowest BCUT2D eigenvalue weighted by Crippen LogP contribution is -2.11. The zero-order valence-corrected chi connectivity index (χ0v) is 12.2. The van der Waals surface area contributed by atoms with Gasteiger partial charge in [-0.3, -0.25) is 0 Å². The van der Waals surface area contributed by atoms with Gasteiger partial charge in [0.25, 0.3) is 0 Å². The van der Waals surface area contributed by atoms with Crippen LogP contribution in [-0.2, 0) is 6.61 Å². The summed E-state index contributed by atoms with van der Waals surface area (Å²) in [7, 11) is 0. The standard InChI is InChI=1S/C18H14N2O3/c21-10-13-11-5-1-4-8-15(11)20-17(13)18(22)23-16-9-19-14-7-3-2-6-12(14)16/h1-9,19-21H,10H2.